The molecule has 0 heterocycles. The number of fused-ring (bicyclic) bond motifs is 1. The number of hydrogen-bond acceptors (Lipinski definition) is 9. The van der Waals surface area contributed by atoms with Crippen LogP contribution in [0.4, 0.5) is 22.7 Å². The Kier molecular flexibility index (Phi) is 6.89. The lowest BCUT2D eigenvalue weighted by atomic mass is 10.1. The number of anilines is 2. The minimum atomic E-state index is -5.02. The van der Waals surface area contributed by atoms with Gasteiger partial charge >= 0.3 is 0 Å². The fourth-order valence-corrected chi connectivity index (χ4v) is 4.31. The molecule has 0 radical (unpaired) electrons. The van der Waals surface area contributed by atoms with Gasteiger partial charge in [-0.1, -0.05) is 0 Å². The molecule has 3 rings (SSSR count). The molecule has 13 nitrogen and oxygen atoms in total. The van der Waals surface area contributed by atoms with Gasteiger partial charge in [-0.2, -0.15) is 21.9 Å². The van der Waals surface area contributed by atoms with Crippen molar-refractivity contribution in [2.45, 2.75) is 23.6 Å². The Bertz CT molecular complexity index is 1600. The average molecular weight is 523 g/mol. The maximum atomic E-state index is 12.0. The molecule has 0 aliphatic carbocycles. The average Bonchev–Trinajstić information content (AvgIpc) is 2.71. The molecule has 0 fully saturated rings. The number of phenols is 1. The van der Waals surface area contributed by atoms with Gasteiger partial charge in [0.1, 0.15) is 10.6 Å². The summed E-state index contributed by atoms with van der Waals surface area (Å²) in [7, 11) is -9.81. The Morgan fingerprint density at radius 3 is 1.94 bits per heavy atom. The lowest BCUT2D eigenvalue weighted by Crippen LogP contribution is -2.08. The SMILES string of the molecule is CC(=O)Nc1ccc(N=Nc2c(S(=O)(=O)O)cc3cc(S(=O)(=O)O)cc(NC(C)=O)c3c2O)cc1. The van der Waals surface area contributed by atoms with E-state index in [9.17, 15) is 40.6 Å². The second-order valence-electron chi connectivity index (χ2n) is 7.20. The summed E-state index contributed by atoms with van der Waals surface area (Å²) < 4.78 is 66.4. The fourth-order valence-electron chi connectivity index (χ4n) is 3.11. The minimum Gasteiger partial charge on any atom is -0.505 e. The molecule has 0 unspecified atom stereocenters. The van der Waals surface area contributed by atoms with Crippen LogP contribution in [0.3, 0.4) is 0 Å². The van der Waals surface area contributed by atoms with Gasteiger partial charge in [-0.3, -0.25) is 18.7 Å². The van der Waals surface area contributed by atoms with Crippen molar-refractivity contribution < 1.29 is 40.6 Å². The number of aromatic hydroxyl groups is 1. The summed E-state index contributed by atoms with van der Waals surface area (Å²) in [6, 6.07) is 8.34. The summed E-state index contributed by atoms with van der Waals surface area (Å²) in [5.74, 6) is -1.82. The second-order valence-corrected chi connectivity index (χ2v) is 10.0. The van der Waals surface area contributed by atoms with Crippen molar-refractivity contribution >= 4 is 65.6 Å². The summed E-state index contributed by atoms with van der Waals surface area (Å²) in [5.41, 5.74) is -0.336. The van der Waals surface area contributed by atoms with Crippen molar-refractivity contribution in [3.63, 3.8) is 0 Å². The van der Waals surface area contributed by atoms with Crippen molar-refractivity contribution in [3.05, 3.63) is 42.5 Å². The normalized spacial score (nSPS) is 12.1. The number of nitrogens with one attached hydrogen (secondary N) is 2. The molecule has 0 bridgehead atoms. The number of rotatable bonds is 6. The lowest BCUT2D eigenvalue weighted by Gasteiger charge is -2.14. The third-order valence-corrected chi connectivity index (χ3v) is 6.16. The number of carbonyl (C=O) groups is 2. The first-order valence-electron chi connectivity index (χ1n) is 9.52. The van der Waals surface area contributed by atoms with Gasteiger partial charge in [0.15, 0.2) is 5.75 Å². The van der Waals surface area contributed by atoms with Crippen LogP contribution < -0.4 is 10.6 Å². The molecule has 0 saturated heterocycles. The highest BCUT2D eigenvalue weighted by Crippen LogP contribution is 2.45. The molecule has 3 aromatic carbocycles. The van der Waals surface area contributed by atoms with Crippen molar-refractivity contribution in [1.29, 1.82) is 0 Å². The fraction of sp³-hybridized carbons (Fsp3) is 0.100. The first-order chi connectivity index (χ1) is 16.2. The third-order valence-electron chi connectivity index (χ3n) is 4.46. The van der Waals surface area contributed by atoms with Crippen LogP contribution in [0.25, 0.3) is 10.8 Å². The van der Waals surface area contributed by atoms with Crippen molar-refractivity contribution in [3.8, 4) is 5.75 Å². The topological polar surface area (TPSA) is 212 Å². The molecule has 5 N–H and O–H groups in total. The van der Waals surface area contributed by atoms with Crippen LogP contribution in [0.5, 0.6) is 5.75 Å². The maximum Gasteiger partial charge on any atom is 0.296 e. The van der Waals surface area contributed by atoms with Gasteiger partial charge in [-0.15, -0.1) is 5.11 Å². The summed E-state index contributed by atoms with van der Waals surface area (Å²) >= 11 is 0. The zero-order chi connectivity index (χ0) is 26.1. The zero-order valence-corrected chi connectivity index (χ0v) is 19.7. The van der Waals surface area contributed by atoms with Crippen LogP contribution >= 0.6 is 0 Å². The number of benzene rings is 3. The van der Waals surface area contributed by atoms with E-state index in [2.05, 4.69) is 20.9 Å². The zero-order valence-electron chi connectivity index (χ0n) is 18.0. The molecule has 0 aliphatic rings. The van der Waals surface area contributed by atoms with Crippen LogP contribution in [0.1, 0.15) is 13.8 Å². The highest BCUT2D eigenvalue weighted by atomic mass is 32.2. The van der Waals surface area contributed by atoms with Crippen LogP contribution in [-0.4, -0.2) is 42.9 Å². The van der Waals surface area contributed by atoms with Crippen LogP contribution in [0, 0.1) is 0 Å². The van der Waals surface area contributed by atoms with Gasteiger partial charge in [0.2, 0.25) is 11.8 Å². The first kappa shape index (κ1) is 25.7. The van der Waals surface area contributed by atoms with E-state index in [1.54, 1.807) is 0 Å². The highest BCUT2D eigenvalue weighted by molar-refractivity contribution is 7.86. The predicted octanol–water partition coefficient (Wildman–Crippen LogP) is 3.37. The Balaban J connectivity index is 2.27. The molecule has 0 aromatic heterocycles. The number of hydrogen-bond donors (Lipinski definition) is 5. The molecule has 15 heteroatoms. The van der Waals surface area contributed by atoms with E-state index in [0.29, 0.717) is 5.69 Å². The number of nitrogens with zero attached hydrogens (tertiary/aromatic N) is 2. The second kappa shape index (κ2) is 9.38. The van der Waals surface area contributed by atoms with Crippen LogP contribution in [0.2, 0.25) is 0 Å². The standard InChI is InChI=1S/C20H18N4O9S2/c1-10(25)21-13-3-5-14(6-4-13)23-24-19-17(35(31,32)33)8-12-7-15(34(28,29)30)9-16(22-11(2)26)18(12)20(19)27/h3-9,27H,1-2H3,(H,21,25)(H,22,26)(H,28,29,30)(H,31,32,33). The molecule has 35 heavy (non-hydrogen) atoms. The minimum absolute atomic E-state index is 0.184. The molecular formula is C20H18N4O9S2. The largest absolute Gasteiger partial charge is 0.505 e. The molecule has 2 amide bonds. The van der Waals surface area contributed by atoms with Crippen molar-refractivity contribution in [2.24, 2.45) is 10.2 Å². The van der Waals surface area contributed by atoms with E-state index in [-0.39, 0.29) is 28.1 Å². The van der Waals surface area contributed by atoms with Crippen LogP contribution in [0.15, 0.2) is 62.5 Å². The quantitative estimate of drug-likeness (QED) is 0.237. The third kappa shape index (κ3) is 5.96. The van der Waals surface area contributed by atoms with Gasteiger partial charge in [-0.25, -0.2) is 0 Å². The summed E-state index contributed by atoms with van der Waals surface area (Å²) in [6.45, 7) is 2.42. The number of amides is 2. The van der Waals surface area contributed by atoms with E-state index < -0.39 is 47.4 Å². The maximum absolute atomic E-state index is 12.0. The van der Waals surface area contributed by atoms with Gasteiger partial charge < -0.3 is 15.7 Å². The first-order valence-corrected chi connectivity index (χ1v) is 12.4. The Hall–Kier alpha value is -3.92. The molecule has 0 aliphatic heterocycles. The molecule has 3 aromatic rings. The van der Waals surface area contributed by atoms with E-state index in [4.69, 9.17) is 0 Å². The molecular weight excluding hydrogens is 504 g/mol. The molecule has 0 atom stereocenters. The highest BCUT2D eigenvalue weighted by Gasteiger charge is 2.25. The number of carbonyl (C=O) groups excluding carboxylic acids is 2. The summed E-state index contributed by atoms with van der Waals surface area (Å²) in [4.78, 5) is 21.1. The Morgan fingerprint density at radius 2 is 1.43 bits per heavy atom. The summed E-state index contributed by atoms with van der Waals surface area (Å²) in [5, 5.41) is 22.8. The Morgan fingerprint density at radius 1 is 0.829 bits per heavy atom. The monoisotopic (exact) mass is 522 g/mol. The summed E-state index contributed by atoms with van der Waals surface area (Å²) in [6.07, 6.45) is 0. The molecule has 0 spiro atoms. The van der Waals surface area contributed by atoms with Gasteiger partial charge in [0.05, 0.1) is 16.3 Å². The smallest absolute Gasteiger partial charge is 0.296 e. The van der Waals surface area contributed by atoms with Crippen molar-refractivity contribution in [2.75, 3.05) is 10.6 Å². The lowest BCUT2D eigenvalue weighted by molar-refractivity contribution is -0.115. The Labute approximate surface area is 199 Å². The number of azo groups is 1. The van der Waals surface area contributed by atoms with Gasteiger partial charge in [0.25, 0.3) is 20.2 Å². The van der Waals surface area contributed by atoms with Gasteiger partial charge in [-0.05, 0) is 47.9 Å². The predicted molar refractivity (Wildman–Crippen MR) is 124 cm³/mol. The van der Waals surface area contributed by atoms with E-state index in [1.807, 2.05) is 0 Å². The van der Waals surface area contributed by atoms with Gasteiger partial charge in [0, 0.05) is 24.9 Å². The molecule has 184 valence electrons. The molecule has 0 saturated carbocycles. The van der Waals surface area contributed by atoms with Crippen molar-refractivity contribution in [1.82, 2.24) is 0 Å². The number of phenolic OH excluding ortho intramolecular Hbond substituents is 1. The van der Waals surface area contributed by atoms with E-state index in [0.717, 1.165) is 25.1 Å². The van der Waals surface area contributed by atoms with Crippen LogP contribution in [-0.2, 0) is 29.8 Å². The van der Waals surface area contributed by atoms with E-state index in [1.165, 1.54) is 31.2 Å². The van der Waals surface area contributed by atoms with E-state index >= 15 is 0 Å².